The van der Waals surface area contributed by atoms with Crippen LogP contribution in [0.2, 0.25) is 0 Å². The third-order valence-electron chi connectivity index (χ3n) is 1.83. The zero-order chi connectivity index (χ0) is 10.6. The summed E-state index contributed by atoms with van der Waals surface area (Å²) in [5.41, 5.74) is 5.32. The van der Waals surface area contributed by atoms with Crippen molar-refractivity contribution in [2.24, 2.45) is 5.73 Å². The Labute approximate surface area is 92.8 Å². The average molecular weight is 277 g/mol. The molecule has 3 nitrogen and oxygen atoms in total. The molecule has 1 aromatic rings. The van der Waals surface area contributed by atoms with E-state index in [1.165, 1.54) is 0 Å². The quantitative estimate of drug-likeness (QED) is 0.886. The first kappa shape index (κ1) is 11.7. The van der Waals surface area contributed by atoms with Gasteiger partial charge in [-0.2, -0.15) is 0 Å². The topological polar surface area (TPSA) is 66.9 Å². The minimum atomic E-state index is -2.64. The van der Waals surface area contributed by atoms with Crippen molar-refractivity contribution in [3.8, 4) is 0 Å². The van der Waals surface area contributed by atoms with E-state index in [9.17, 15) is 4.21 Å². The third-order valence-corrected chi connectivity index (χ3v) is 4.26. The lowest BCUT2D eigenvalue weighted by atomic mass is 10.4. The summed E-state index contributed by atoms with van der Waals surface area (Å²) in [4.78, 5) is 0.578. The summed E-state index contributed by atoms with van der Waals surface area (Å²) in [7, 11) is -2.64. The van der Waals surface area contributed by atoms with Crippen LogP contribution in [0, 0.1) is 4.78 Å². The van der Waals surface area contributed by atoms with E-state index in [0.717, 1.165) is 4.47 Å². The van der Waals surface area contributed by atoms with Crippen LogP contribution >= 0.6 is 15.9 Å². The molecule has 0 fully saturated rings. The Morgan fingerprint density at radius 2 is 1.93 bits per heavy atom. The van der Waals surface area contributed by atoms with Gasteiger partial charge in [0.05, 0.1) is 9.73 Å². The molecule has 0 bridgehead atoms. The first-order valence-electron chi connectivity index (χ1n) is 4.28. The van der Waals surface area contributed by atoms with Crippen molar-refractivity contribution in [1.82, 2.24) is 0 Å². The van der Waals surface area contributed by atoms with E-state index in [4.69, 9.17) is 10.5 Å². The minimum absolute atomic E-state index is 0.338. The lowest BCUT2D eigenvalue weighted by Crippen LogP contribution is -2.10. The molecule has 0 saturated heterocycles. The smallest absolute Gasteiger partial charge is 0.0726 e. The Morgan fingerprint density at radius 1 is 1.36 bits per heavy atom. The van der Waals surface area contributed by atoms with Crippen molar-refractivity contribution >= 4 is 25.7 Å². The van der Waals surface area contributed by atoms with Gasteiger partial charge in [-0.25, -0.2) is 8.99 Å². The number of nitrogens with one attached hydrogen (secondary N) is 1. The number of benzene rings is 1. The van der Waals surface area contributed by atoms with Crippen LogP contribution in [0.25, 0.3) is 0 Å². The molecule has 0 radical (unpaired) electrons. The van der Waals surface area contributed by atoms with Gasteiger partial charge in [0.2, 0.25) is 0 Å². The maximum Gasteiger partial charge on any atom is 0.0726 e. The maximum absolute atomic E-state index is 11.9. The van der Waals surface area contributed by atoms with Gasteiger partial charge in [-0.1, -0.05) is 15.9 Å². The van der Waals surface area contributed by atoms with Crippen LogP contribution in [0.15, 0.2) is 33.6 Å². The van der Waals surface area contributed by atoms with Crippen LogP contribution in [-0.4, -0.2) is 16.5 Å². The summed E-state index contributed by atoms with van der Waals surface area (Å²) >= 11 is 3.29. The van der Waals surface area contributed by atoms with Crippen molar-refractivity contribution in [3.63, 3.8) is 0 Å². The van der Waals surface area contributed by atoms with Gasteiger partial charge in [-0.15, -0.1) is 0 Å². The molecular weight excluding hydrogens is 264 g/mol. The molecule has 0 aliphatic heterocycles. The molecule has 0 aliphatic rings. The molecule has 1 aromatic carbocycles. The van der Waals surface area contributed by atoms with Gasteiger partial charge in [-0.3, -0.25) is 0 Å². The van der Waals surface area contributed by atoms with Gasteiger partial charge in [0.1, 0.15) is 0 Å². The molecule has 1 unspecified atom stereocenters. The van der Waals surface area contributed by atoms with Crippen LogP contribution in [0.5, 0.6) is 0 Å². The first-order valence-corrected chi connectivity index (χ1v) is 6.80. The molecule has 0 aliphatic carbocycles. The largest absolute Gasteiger partial charge is 0.330 e. The van der Waals surface area contributed by atoms with Crippen molar-refractivity contribution in [2.75, 3.05) is 12.3 Å². The van der Waals surface area contributed by atoms with E-state index in [1.54, 1.807) is 24.3 Å². The Bertz CT molecular complexity index is 386. The lowest BCUT2D eigenvalue weighted by molar-refractivity contribution is 0.672. The maximum atomic E-state index is 11.9. The fourth-order valence-corrected chi connectivity index (χ4v) is 2.71. The molecule has 0 amide bonds. The van der Waals surface area contributed by atoms with Crippen molar-refractivity contribution in [3.05, 3.63) is 28.7 Å². The highest BCUT2D eigenvalue weighted by atomic mass is 79.9. The van der Waals surface area contributed by atoms with Gasteiger partial charge in [0, 0.05) is 15.1 Å². The molecule has 1 atom stereocenters. The molecule has 0 aromatic heterocycles. The van der Waals surface area contributed by atoms with Crippen molar-refractivity contribution in [2.45, 2.75) is 11.3 Å². The van der Waals surface area contributed by atoms with E-state index < -0.39 is 9.73 Å². The van der Waals surface area contributed by atoms with Gasteiger partial charge < -0.3 is 5.73 Å². The second-order valence-corrected chi connectivity index (χ2v) is 6.12. The Hall–Kier alpha value is -0.390. The standard InChI is InChI=1S/C9H13BrN2OS/c10-8-2-4-9(5-3-8)14(12,13)7-1-6-11/h2-5,12H,1,6-7,11H2. The predicted octanol–water partition coefficient (Wildman–Crippen LogP) is 2.20. The molecule has 5 heteroatoms. The fourth-order valence-electron chi connectivity index (χ4n) is 1.06. The summed E-state index contributed by atoms with van der Waals surface area (Å²) in [6.07, 6.45) is 0.623. The Balaban J connectivity index is 2.87. The Kier molecular flexibility index (Phi) is 4.10. The summed E-state index contributed by atoms with van der Waals surface area (Å²) in [5, 5.41) is 0. The highest BCUT2D eigenvalue weighted by Crippen LogP contribution is 2.16. The molecule has 78 valence electrons. The zero-order valence-electron chi connectivity index (χ0n) is 7.70. The molecule has 3 N–H and O–H groups in total. The number of hydrogen-bond donors (Lipinski definition) is 2. The second kappa shape index (κ2) is 4.91. The number of rotatable bonds is 4. The van der Waals surface area contributed by atoms with Crippen LogP contribution in [0.3, 0.4) is 0 Å². The lowest BCUT2D eigenvalue weighted by Gasteiger charge is -2.06. The van der Waals surface area contributed by atoms with E-state index in [0.29, 0.717) is 23.6 Å². The highest BCUT2D eigenvalue weighted by molar-refractivity contribution is 9.10. The van der Waals surface area contributed by atoms with Crippen LogP contribution < -0.4 is 5.73 Å². The molecule has 0 spiro atoms. The third kappa shape index (κ3) is 3.08. The zero-order valence-corrected chi connectivity index (χ0v) is 10.1. The normalized spacial score (nSPS) is 15.0. The van der Waals surface area contributed by atoms with Gasteiger partial charge >= 0.3 is 0 Å². The van der Waals surface area contributed by atoms with E-state index in [2.05, 4.69) is 15.9 Å². The minimum Gasteiger partial charge on any atom is -0.330 e. The number of nitrogens with two attached hydrogens (primary N) is 1. The average Bonchev–Trinajstić information content (AvgIpc) is 2.16. The van der Waals surface area contributed by atoms with E-state index in [1.807, 2.05) is 0 Å². The van der Waals surface area contributed by atoms with Crippen molar-refractivity contribution in [1.29, 1.82) is 4.78 Å². The monoisotopic (exact) mass is 276 g/mol. The summed E-state index contributed by atoms with van der Waals surface area (Å²) in [5.74, 6) is 0.338. The summed E-state index contributed by atoms with van der Waals surface area (Å²) in [6, 6.07) is 7.03. The second-order valence-electron chi connectivity index (χ2n) is 2.98. The van der Waals surface area contributed by atoms with Crippen molar-refractivity contribution < 1.29 is 4.21 Å². The molecule has 0 saturated carbocycles. The Morgan fingerprint density at radius 3 is 2.43 bits per heavy atom. The first-order chi connectivity index (χ1) is 6.56. The number of halogens is 1. The van der Waals surface area contributed by atoms with Gasteiger partial charge in [0.15, 0.2) is 0 Å². The summed E-state index contributed by atoms with van der Waals surface area (Å²) in [6.45, 7) is 0.479. The molecule has 0 heterocycles. The molecule has 1 rings (SSSR count). The molecule has 14 heavy (non-hydrogen) atoms. The van der Waals surface area contributed by atoms with Gasteiger partial charge in [-0.05, 0) is 37.2 Å². The molecular formula is C9H13BrN2OS. The van der Waals surface area contributed by atoms with E-state index >= 15 is 0 Å². The van der Waals surface area contributed by atoms with Crippen LogP contribution in [0.4, 0.5) is 0 Å². The highest BCUT2D eigenvalue weighted by Gasteiger charge is 2.08. The van der Waals surface area contributed by atoms with Gasteiger partial charge in [0.25, 0.3) is 0 Å². The SMILES string of the molecule is N=S(=O)(CCCN)c1ccc(Br)cc1. The predicted molar refractivity (Wildman–Crippen MR) is 61.8 cm³/mol. The number of hydrogen-bond acceptors (Lipinski definition) is 3. The van der Waals surface area contributed by atoms with Crippen LogP contribution in [0.1, 0.15) is 6.42 Å². The fraction of sp³-hybridized carbons (Fsp3) is 0.333. The summed E-state index contributed by atoms with van der Waals surface area (Å²) < 4.78 is 20.5. The van der Waals surface area contributed by atoms with E-state index in [-0.39, 0.29) is 0 Å². The van der Waals surface area contributed by atoms with Crippen LogP contribution in [-0.2, 0) is 9.73 Å².